The largest absolute Gasteiger partial charge is 0.385 e. The molecule has 132 valence electrons. The highest BCUT2D eigenvalue weighted by Gasteiger charge is 2.46. The van der Waals surface area contributed by atoms with Gasteiger partial charge in [-0.1, -0.05) is 18.2 Å². The van der Waals surface area contributed by atoms with Crippen LogP contribution in [0.1, 0.15) is 30.1 Å². The van der Waals surface area contributed by atoms with Crippen LogP contribution in [0.3, 0.4) is 0 Å². The van der Waals surface area contributed by atoms with Crippen LogP contribution in [0, 0.1) is 0 Å². The van der Waals surface area contributed by atoms with Crippen molar-refractivity contribution in [2.45, 2.75) is 31.3 Å². The highest BCUT2D eigenvalue weighted by molar-refractivity contribution is 5.97. The summed E-state index contributed by atoms with van der Waals surface area (Å²) in [5, 5.41) is 1.15. The van der Waals surface area contributed by atoms with E-state index in [4.69, 9.17) is 4.74 Å². The number of para-hydroxylation sites is 1. The maximum Gasteiger partial charge on any atom is 0.245 e. The van der Waals surface area contributed by atoms with Gasteiger partial charge in [0.25, 0.3) is 0 Å². The lowest BCUT2D eigenvalue weighted by atomic mass is 9.87. The topological polar surface area (TPSA) is 65.6 Å². The molecule has 1 saturated heterocycles. The number of hydrogen-bond donors (Lipinski definition) is 1. The molecular formula is C19H23N3O3. The first-order valence-electron chi connectivity index (χ1n) is 8.76. The standard InChI is InChI=1S/C19H23N3O3/c1-21-11-17(23)22-15(8-5-9-25-2)18-13(10-16(22)19(21)24)12-6-3-4-7-14(12)20-18/h3-4,6-7,15-16,20H,5,8-11H2,1-2H3/t15-,16-/m1/s1. The summed E-state index contributed by atoms with van der Waals surface area (Å²) in [5.41, 5.74) is 3.33. The van der Waals surface area contributed by atoms with E-state index in [1.165, 1.54) is 5.56 Å². The summed E-state index contributed by atoms with van der Waals surface area (Å²) in [6, 6.07) is 7.66. The minimum absolute atomic E-state index is 0.0267. The van der Waals surface area contributed by atoms with Gasteiger partial charge in [-0.25, -0.2) is 0 Å². The molecule has 1 aromatic heterocycles. The fourth-order valence-electron chi connectivity index (χ4n) is 4.25. The molecular weight excluding hydrogens is 318 g/mol. The molecule has 1 N–H and O–H groups in total. The van der Waals surface area contributed by atoms with E-state index in [9.17, 15) is 9.59 Å². The summed E-state index contributed by atoms with van der Waals surface area (Å²) >= 11 is 0. The summed E-state index contributed by atoms with van der Waals surface area (Å²) in [6.45, 7) is 0.804. The second kappa shape index (κ2) is 6.19. The first kappa shape index (κ1) is 16.1. The SMILES string of the molecule is COCCC[C@@H]1c2[nH]c3ccccc3c2C[C@@H]2C(=O)N(C)CC(=O)N21. The predicted molar refractivity (Wildman–Crippen MR) is 94.1 cm³/mol. The average Bonchev–Trinajstić information content (AvgIpc) is 2.98. The molecule has 0 unspecified atom stereocenters. The molecule has 1 fully saturated rings. The number of ether oxygens (including phenoxy) is 1. The van der Waals surface area contributed by atoms with Crippen LogP contribution in [-0.2, 0) is 20.7 Å². The van der Waals surface area contributed by atoms with Crippen molar-refractivity contribution in [3.8, 4) is 0 Å². The molecule has 0 saturated carbocycles. The number of likely N-dealkylation sites (N-methyl/N-ethyl adjacent to an activating group) is 1. The van der Waals surface area contributed by atoms with Crippen molar-refractivity contribution in [3.63, 3.8) is 0 Å². The number of piperazine rings is 1. The Balaban J connectivity index is 1.81. The number of benzene rings is 1. The third kappa shape index (κ3) is 2.52. The number of aromatic amines is 1. The van der Waals surface area contributed by atoms with Crippen molar-refractivity contribution in [3.05, 3.63) is 35.5 Å². The van der Waals surface area contributed by atoms with Gasteiger partial charge in [0.2, 0.25) is 11.8 Å². The van der Waals surface area contributed by atoms with Crippen LogP contribution in [0.4, 0.5) is 0 Å². The van der Waals surface area contributed by atoms with Gasteiger partial charge in [-0.2, -0.15) is 0 Å². The lowest BCUT2D eigenvalue weighted by molar-refractivity contribution is -0.158. The molecule has 6 nitrogen and oxygen atoms in total. The molecule has 6 heteroatoms. The van der Waals surface area contributed by atoms with Crippen molar-refractivity contribution < 1.29 is 14.3 Å². The van der Waals surface area contributed by atoms with Crippen molar-refractivity contribution in [1.82, 2.24) is 14.8 Å². The molecule has 2 amide bonds. The Morgan fingerprint density at radius 3 is 2.88 bits per heavy atom. The van der Waals surface area contributed by atoms with E-state index in [1.54, 1.807) is 19.1 Å². The third-order valence-corrected chi connectivity index (χ3v) is 5.40. The Morgan fingerprint density at radius 1 is 1.28 bits per heavy atom. The molecule has 25 heavy (non-hydrogen) atoms. The lowest BCUT2D eigenvalue weighted by Crippen LogP contribution is -2.61. The molecule has 1 aromatic carbocycles. The monoisotopic (exact) mass is 341 g/mol. The van der Waals surface area contributed by atoms with Gasteiger partial charge in [0.05, 0.1) is 12.6 Å². The molecule has 2 aliphatic heterocycles. The smallest absolute Gasteiger partial charge is 0.245 e. The molecule has 2 atom stereocenters. The Morgan fingerprint density at radius 2 is 2.08 bits per heavy atom. The first-order chi connectivity index (χ1) is 12.1. The number of H-pyrrole nitrogens is 1. The second-order valence-corrected chi connectivity index (χ2v) is 6.93. The van der Waals surface area contributed by atoms with Crippen LogP contribution in [-0.4, -0.2) is 59.9 Å². The van der Waals surface area contributed by atoms with Crippen LogP contribution in [0.15, 0.2) is 24.3 Å². The van der Waals surface area contributed by atoms with Crippen LogP contribution in [0.25, 0.3) is 10.9 Å². The summed E-state index contributed by atoms with van der Waals surface area (Å²) in [7, 11) is 3.39. The van der Waals surface area contributed by atoms with E-state index in [0.29, 0.717) is 13.0 Å². The zero-order valence-electron chi connectivity index (χ0n) is 14.6. The van der Waals surface area contributed by atoms with E-state index in [1.807, 2.05) is 17.0 Å². The number of amides is 2. The van der Waals surface area contributed by atoms with Gasteiger partial charge < -0.3 is 19.5 Å². The number of carbonyl (C=O) groups excluding carboxylic acids is 2. The normalized spacial score (nSPS) is 23.1. The van der Waals surface area contributed by atoms with Gasteiger partial charge in [-0.15, -0.1) is 0 Å². The Hall–Kier alpha value is -2.34. The van der Waals surface area contributed by atoms with Gasteiger partial charge in [0.15, 0.2) is 0 Å². The second-order valence-electron chi connectivity index (χ2n) is 6.93. The number of fused-ring (bicyclic) bond motifs is 4. The molecule has 0 bridgehead atoms. The maximum absolute atomic E-state index is 12.7. The molecule has 2 aromatic rings. The van der Waals surface area contributed by atoms with E-state index in [2.05, 4.69) is 17.1 Å². The highest BCUT2D eigenvalue weighted by atomic mass is 16.5. The minimum atomic E-state index is -0.398. The van der Waals surface area contributed by atoms with E-state index >= 15 is 0 Å². The summed E-state index contributed by atoms with van der Waals surface area (Å²) in [4.78, 5) is 32.4. The van der Waals surface area contributed by atoms with Crippen molar-refractivity contribution in [2.24, 2.45) is 0 Å². The number of methoxy groups -OCH3 is 1. The Bertz CT molecular complexity index is 828. The zero-order chi connectivity index (χ0) is 17.6. The van der Waals surface area contributed by atoms with E-state index in [0.717, 1.165) is 29.4 Å². The number of aromatic nitrogens is 1. The predicted octanol–water partition coefficient (Wildman–Crippen LogP) is 1.86. The molecule has 0 radical (unpaired) electrons. The van der Waals surface area contributed by atoms with Crippen molar-refractivity contribution >= 4 is 22.7 Å². The van der Waals surface area contributed by atoms with Gasteiger partial charge in [-0.05, 0) is 24.5 Å². The van der Waals surface area contributed by atoms with Crippen LogP contribution >= 0.6 is 0 Å². The first-order valence-corrected chi connectivity index (χ1v) is 8.76. The van der Waals surface area contributed by atoms with Crippen LogP contribution in [0.2, 0.25) is 0 Å². The van der Waals surface area contributed by atoms with Gasteiger partial charge in [0, 0.05) is 43.8 Å². The van der Waals surface area contributed by atoms with Gasteiger partial charge in [-0.3, -0.25) is 9.59 Å². The Labute approximate surface area is 146 Å². The average molecular weight is 341 g/mol. The number of rotatable bonds is 4. The van der Waals surface area contributed by atoms with E-state index in [-0.39, 0.29) is 24.4 Å². The molecule has 0 aliphatic carbocycles. The molecule has 3 heterocycles. The molecule has 0 spiro atoms. The fourth-order valence-corrected chi connectivity index (χ4v) is 4.25. The maximum atomic E-state index is 12.7. The number of carbonyl (C=O) groups is 2. The highest BCUT2D eigenvalue weighted by Crippen LogP contribution is 2.41. The van der Waals surface area contributed by atoms with E-state index < -0.39 is 6.04 Å². The van der Waals surface area contributed by atoms with Crippen LogP contribution in [0.5, 0.6) is 0 Å². The fraction of sp³-hybridized carbons (Fsp3) is 0.474. The van der Waals surface area contributed by atoms with Crippen molar-refractivity contribution in [2.75, 3.05) is 27.3 Å². The molecule has 4 rings (SSSR count). The zero-order valence-corrected chi connectivity index (χ0v) is 14.6. The number of hydrogen-bond acceptors (Lipinski definition) is 3. The number of nitrogens with one attached hydrogen (secondary N) is 1. The third-order valence-electron chi connectivity index (χ3n) is 5.40. The number of nitrogens with zero attached hydrogens (tertiary/aromatic N) is 2. The Kier molecular flexibility index (Phi) is 4.00. The van der Waals surface area contributed by atoms with Crippen molar-refractivity contribution in [1.29, 1.82) is 0 Å². The summed E-state index contributed by atoms with van der Waals surface area (Å²) in [6.07, 6.45) is 2.21. The summed E-state index contributed by atoms with van der Waals surface area (Å²) in [5.74, 6) is 0.0612. The lowest BCUT2D eigenvalue weighted by Gasteiger charge is -2.46. The van der Waals surface area contributed by atoms with Crippen LogP contribution < -0.4 is 0 Å². The van der Waals surface area contributed by atoms with Gasteiger partial charge in [0.1, 0.15) is 6.04 Å². The summed E-state index contributed by atoms with van der Waals surface area (Å²) < 4.78 is 5.19. The molecule has 2 aliphatic rings. The quantitative estimate of drug-likeness (QED) is 0.863. The minimum Gasteiger partial charge on any atom is -0.385 e. The van der Waals surface area contributed by atoms with Gasteiger partial charge >= 0.3 is 0 Å².